The van der Waals surface area contributed by atoms with E-state index in [0.29, 0.717) is 0 Å². The summed E-state index contributed by atoms with van der Waals surface area (Å²) >= 11 is 0. The molecule has 1 aromatic rings. The van der Waals surface area contributed by atoms with Gasteiger partial charge < -0.3 is 0 Å². The van der Waals surface area contributed by atoms with E-state index < -0.39 is 0 Å². The Balaban J connectivity index is 2.94. The minimum atomic E-state index is 1.06. The van der Waals surface area contributed by atoms with Gasteiger partial charge in [-0.25, -0.2) is 5.43 Å². The van der Waals surface area contributed by atoms with E-state index in [-0.39, 0.29) is 0 Å². The molecule has 9 heavy (non-hydrogen) atoms. The second kappa shape index (κ2) is 2.51. The van der Waals surface area contributed by atoms with E-state index in [0.717, 1.165) is 5.69 Å². The Morgan fingerprint density at radius 1 is 1.44 bits per heavy atom. The molecule has 0 bridgehead atoms. The van der Waals surface area contributed by atoms with Crippen molar-refractivity contribution in [2.75, 3.05) is 5.43 Å². The largest absolute Gasteiger partial charge is 0.258 e. The predicted octanol–water partition coefficient (Wildman–Crippen LogP) is 0.564. The molecular weight excluding hydrogens is 112 g/mol. The van der Waals surface area contributed by atoms with Gasteiger partial charge in [-0.15, -0.1) is 0 Å². The second-order valence-electron chi connectivity index (χ2n) is 2.05. The second-order valence-corrected chi connectivity index (χ2v) is 2.05. The molecule has 0 fully saturated rings. The van der Waals surface area contributed by atoms with Crippen molar-refractivity contribution in [2.45, 2.75) is 6.92 Å². The number of quaternary nitrogens is 1. The summed E-state index contributed by atoms with van der Waals surface area (Å²) in [4.78, 5) is 0. The van der Waals surface area contributed by atoms with Crippen LogP contribution in [0, 0.1) is 6.92 Å². The van der Waals surface area contributed by atoms with E-state index in [2.05, 4.69) is 24.3 Å². The molecule has 0 radical (unpaired) electrons. The smallest absolute Gasteiger partial charge is 0.0850 e. The highest BCUT2D eigenvalue weighted by Crippen LogP contribution is 2.06. The molecule has 0 unspecified atom stereocenters. The van der Waals surface area contributed by atoms with Gasteiger partial charge in [-0.1, -0.05) is 12.1 Å². The monoisotopic (exact) mass is 123 g/mol. The van der Waals surface area contributed by atoms with E-state index in [1.165, 1.54) is 5.56 Å². The average molecular weight is 123 g/mol. The van der Waals surface area contributed by atoms with Gasteiger partial charge in [0.05, 0.1) is 5.69 Å². The number of rotatable bonds is 1. The molecule has 0 aliphatic heterocycles. The lowest BCUT2D eigenvalue weighted by Crippen LogP contribution is -2.56. The van der Waals surface area contributed by atoms with Gasteiger partial charge in [-0.05, 0) is 24.6 Å². The molecule has 0 amide bonds. The van der Waals surface area contributed by atoms with Crippen LogP contribution < -0.4 is 11.3 Å². The van der Waals surface area contributed by atoms with E-state index in [1.54, 1.807) is 0 Å². The maximum atomic E-state index is 3.55. The van der Waals surface area contributed by atoms with Crippen molar-refractivity contribution in [1.29, 1.82) is 0 Å². The number of hydrogen-bond acceptors (Lipinski definition) is 1. The fourth-order valence-corrected chi connectivity index (χ4v) is 0.755. The van der Waals surface area contributed by atoms with E-state index >= 15 is 0 Å². The number of anilines is 1. The van der Waals surface area contributed by atoms with Crippen molar-refractivity contribution in [3.63, 3.8) is 0 Å². The Labute approximate surface area is 54.7 Å². The van der Waals surface area contributed by atoms with Crippen LogP contribution in [0.1, 0.15) is 5.56 Å². The Hall–Kier alpha value is -1.02. The van der Waals surface area contributed by atoms with Crippen LogP contribution in [0.4, 0.5) is 5.69 Å². The first-order valence-corrected chi connectivity index (χ1v) is 2.92. The molecule has 0 spiro atoms. The van der Waals surface area contributed by atoms with Gasteiger partial charge in [-0.3, -0.25) is 5.84 Å². The Morgan fingerprint density at radius 3 is 2.67 bits per heavy atom. The number of benzene rings is 1. The van der Waals surface area contributed by atoms with Crippen LogP contribution in [-0.4, -0.2) is 0 Å². The standard InChI is InChI=1S/C7H10N2/c1-6-3-2-4-7(5-6)9-8/h2-5,9H,8H2,1H3/p+1. The van der Waals surface area contributed by atoms with Crippen molar-refractivity contribution in [1.82, 2.24) is 0 Å². The molecule has 2 nitrogen and oxygen atoms in total. The maximum absolute atomic E-state index is 3.55. The summed E-state index contributed by atoms with van der Waals surface area (Å²) in [7, 11) is 0. The third-order valence-corrected chi connectivity index (χ3v) is 1.22. The summed E-state index contributed by atoms with van der Waals surface area (Å²) in [5.74, 6) is 3.55. The normalized spacial score (nSPS) is 9.11. The molecule has 4 N–H and O–H groups in total. The van der Waals surface area contributed by atoms with Crippen LogP contribution in [0.2, 0.25) is 0 Å². The van der Waals surface area contributed by atoms with Gasteiger partial charge in [0.1, 0.15) is 0 Å². The Morgan fingerprint density at radius 2 is 2.22 bits per heavy atom. The first kappa shape index (κ1) is 6.11. The van der Waals surface area contributed by atoms with Crippen molar-refractivity contribution in [3.05, 3.63) is 29.8 Å². The van der Waals surface area contributed by atoms with Gasteiger partial charge >= 0.3 is 0 Å². The predicted molar refractivity (Wildman–Crippen MR) is 37.7 cm³/mol. The molecular formula is C7H11N2+. The quantitative estimate of drug-likeness (QED) is 0.526. The molecule has 1 rings (SSSR count). The van der Waals surface area contributed by atoms with Crippen molar-refractivity contribution in [2.24, 2.45) is 0 Å². The minimum Gasteiger partial charge on any atom is -0.258 e. The summed E-state index contributed by atoms with van der Waals surface area (Å²) in [6, 6.07) is 8.09. The van der Waals surface area contributed by atoms with Crippen LogP contribution in [-0.2, 0) is 0 Å². The molecule has 0 atom stereocenters. The van der Waals surface area contributed by atoms with Gasteiger partial charge in [0.15, 0.2) is 0 Å². The first-order chi connectivity index (χ1) is 4.33. The molecule has 0 aliphatic rings. The number of nitrogens with one attached hydrogen (secondary N) is 1. The Kier molecular flexibility index (Phi) is 1.70. The van der Waals surface area contributed by atoms with Crippen LogP contribution in [0.15, 0.2) is 24.3 Å². The maximum Gasteiger partial charge on any atom is 0.0850 e. The summed E-state index contributed by atoms with van der Waals surface area (Å²) in [6.45, 7) is 2.06. The minimum absolute atomic E-state index is 1.06. The van der Waals surface area contributed by atoms with Crippen molar-refractivity contribution >= 4 is 5.69 Å². The van der Waals surface area contributed by atoms with E-state index in [4.69, 9.17) is 0 Å². The van der Waals surface area contributed by atoms with Crippen LogP contribution in [0.3, 0.4) is 0 Å². The lowest BCUT2D eigenvalue weighted by Gasteiger charge is -1.95. The number of aryl methyl sites for hydroxylation is 1. The lowest BCUT2D eigenvalue weighted by atomic mass is 10.2. The molecule has 0 saturated heterocycles. The molecule has 1 aromatic carbocycles. The topological polar surface area (TPSA) is 39.7 Å². The van der Waals surface area contributed by atoms with E-state index in [1.807, 2.05) is 18.2 Å². The zero-order valence-electron chi connectivity index (χ0n) is 5.52. The van der Waals surface area contributed by atoms with Crippen molar-refractivity contribution < 1.29 is 5.84 Å². The number of hydrogen-bond donors (Lipinski definition) is 2. The fourth-order valence-electron chi connectivity index (χ4n) is 0.755. The summed E-state index contributed by atoms with van der Waals surface area (Å²) in [5.41, 5.74) is 5.14. The van der Waals surface area contributed by atoms with Crippen LogP contribution in [0.5, 0.6) is 0 Å². The summed E-state index contributed by atoms with van der Waals surface area (Å²) < 4.78 is 0. The molecule has 2 heteroatoms. The Bertz CT molecular complexity index is 196. The van der Waals surface area contributed by atoms with Gasteiger partial charge in [0.2, 0.25) is 0 Å². The third-order valence-electron chi connectivity index (χ3n) is 1.22. The van der Waals surface area contributed by atoms with Gasteiger partial charge in [0, 0.05) is 0 Å². The fraction of sp³-hybridized carbons (Fsp3) is 0.143. The zero-order valence-corrected chi connectivity index (χ0v) is 5.52. The van der Waals surface area contributed by atoms with Gasteiger partial charge in [0.25, 0.3) is 0 Å². The average Bonchev–Trinajstić information content (AvgIpc) is 1.88. The van der Waals surface area contributed by atoms with E-state index in [9.17, 15) is 0 Å². The molecule has 0 aromatic heterocycles. The van der Waals surface area contributed by atoms with Crippen LogP contribution in [0.25, 0.3) is 0 Å². The molecule has 0 aliphatic carbocycles. The van der Waals surface area contributed by atoms with Crippen LogP contribution >= 0.6 is 0 Å². The zero-order chi connectivity index (χ0) is 6.69. The van der Waals surface area contributed by atoms with Crippen molar-refractivity contribution in [3.8, 4) is 0 Å². The molecule has 0 heterocycles. The highest BCUT2D eigenvalue weighted by molar-refractivity contribution is 5.42. The highest BCUT2D eigenvalue weighted by Gasteiger charge is 1.86. The summed E-state index contributed by atoms with van der Waals surface area (Å²) in [5, 5.41) is 0. The lowest BCUT2D eigenvalue weighted by molar-refractivity contribution is -0.325. The van der Waals surface area contributed by atoms with Gasteiger partial charge in [-0.2, -0.15) is 0 Å². The summed E-state index contributed by atoms with van der Waals surface area (Å²) in [6.07, 6.45) is 0. The third kappa shape index (κ3) is 1.44. The molecule has 0 saturated carbocycles. The molecule has 48 valence electrons. The SMILES string of the molecule is Cc1cccc(N[NH3+])c1. The first-order valence-electron chi connectivity index (χ1n) is 2.92. The highest BCUT2D eigenvalue weighted by atomic mass is 15.2.